The van der Waals surface area contributed by atoms with Gasteiger partial charge in [0.15, 0.2) is 9.84 Å². The fraction of sp³-hybridized carbons (Fsp3) is 0.200. The predicted molar refractivity (Wildman–Crippen MR) is 86.4 cm³/mol. The SMILES string of the molecule is CCS(=O)(=O)c1ccccc1NS(=O)(=O)c1cccc(C(F)(F)F)c1. The Morgan fingerprint density at radius 1 is 0.960 bits per heavy atom. The van der Waals surface area contributed by atoms with Crippen LogP contribution in [0.3, 0.4) is 0 Å². The van der Waals surface area contributed by atoms with Gasteiger partial charge in [0.05, 0.1) is 26.8 Å². The molecule has 0 radical (unpaired) electrons. The quantitative estimate of drug-likeness (QED) is 0.845. The first kappa shape index (κ1) is 19.3. The van der Waals surface area contributed by atoms with Crippen molar-refractivity contribution in [3.8, 4) is 0 Å². The summed E-state index contributed by atoms with van der Waals surface area (Å²) in [6.07, 6.45) is -4.70. The second-order valence-electron chi connectivity index (χ2n) is 5.03. The predicted octanol–water partition coefficient (Wildman–Crippen LogP) is 3.30. The zero-order valence-electron chi connectivity index (χ0n) is 12.9. The van der Waals surface area contributed by atoms with Crippen LogP contribution in [0.2, 0.25) is 0 Å². The Hall–Kier alpha value is -2.07. The molecule has 0 heterocycles. The van der Waals surface area contributed by atoms with Gasteiger partial charge in [-0.3, -0.25) is 4.72 Å². The molecule has 0 bridgehead atoms. The van der Waals surface area contributed by atoms with Crippen molar-refractivity contribution < 1.29 is 30.0 Å². The smallest absolute Gasteiger partial charge is 0.278 e. The lowest BCUT2D eigenvalue weighted by Gasteiger charge is -2.13. The van der Waals surface area contributed by atoms with Crippen molar-refractivity contribution in [2.75, 3.05) is 10.5 Å². The third-order valence-corrected chi connectivity index (χ3v) is 6.47. The molecule has 0 aliphatic carbocycles. The van der Waals surface area contributed by atoms with E-state index in [1.165, 1.54) is 31.2 Å². The van der Waals surface area contributed by atoms with E-state index < -0.39 is 36.5 Å². The minimum Gasteiger partial charge on any atom is -0.278 e. The fourth-order valence-electron chi connectivity index (χ4n) is 2.02. The van der Waals surface area contributed by atoms with E-state index in [1.54, 1.807) is 0 Å². The van der Waals surface area contributed by atoms with E-state index in [0.717, 1.165) is 18.2 Å². The second kappa shape index (κ2) is 6.68. The number of nitrogens with one attached hydrogen (secondary N) is 1. The van der Waals surface area contributed by atoms with Crippen molar-refractivity contribution >= 4 is 25.5 Å². The van der Waals surface area contributed by atoms with E-state index in [9.17, 15) is 30.0 Å². The monoisotopic (exact) mass is 393 g/mol. The van der Waals surface area contributed by atoms with Gasteiger partial charge >= 0.3 is 6.18 Å². The van der Waals surface area contributed by atoms with Crippen molar-refractivity contribution in [3.63, 3.8) is 0 Å². The van der Waals surface area contributed by atoms with E-state index in [-0.39, 0.29) is 16.3 Å². The fourth-order valence-corrected chi connectivity index (χ4v) is 4.26. The Labute approximate surface area is 143 Å². The highest BCUT2D eigenvalue weighted by Crippen LogP contribution is 2.31. The summed E-state index contributed by atoms with van der Waals surface area (Å²) in [5, 5.41) is 0. The maximum Gasteiger partial charge on any atom is 0.416 e. The van der Waals surface area contributed by atoms with Crippen LogP contribution in [-0.2, 0) is 26.0 Å². The molecule has 0 amide bonds. The topological polar surface area (TPSA) is 80.3 Å². The Kier molecular flexibility index (Phi) is 5.14. The van der Waals surface area contributed by atoms with Gasteiger partial charge in [-0.05, 0) is 30.3 Å². The number of anilines is 1. The van der Waals surface area contributed by atoms with Crippen LogP contribution in [-0.4, -0.2) is 22.6 Å². The molecule has 0 atom stereocenters. The number of sulfone groups is 1. The molecule has 2 rings (SSSR count). The number of hydrogen-bond acceptors (Lipinski definition) is 4. The normalized spacial score (nSPS) is 12.8. The number of benzene rings is 2. The molecular weight excluding hydrogens is 379 g/mol. The molecule has 25 heavy (non-hydrogen) atoms. The van der Waals surface area contributed by atoms with Crippen LogP contribution in [0.25, 0.3) is 0 Å². The number of sulfonamides is 1. The number of halogens is 3. The van der Waals surface area contributed by atoms with Crippen molar-refractivity contribution in [1.82, 2.24) is 0 Å². The number of alkyl halides is 3. The van der Waals surface area contributed by atoms with Gasteiger partial charge in [-0.15, -0.1) is 0 Å². The number of hydrogen-bond donors (Lipinski definition) is 1. The van der Waals surface area contributed by atoms with Crippen molar-refractivity contribution in [2.24, 2.45) is 0 Å². The average molecular weight is 393 g/mol. The maximum atomic E-state index is 12.8. The van der Waals surface area contributed by atoms with Gasteiger partial charge < -0.3 is 0 Å². The van der Waals surface area contributed by atoms with Crippen molar-refractivity contribution in [3.05, 3.63) is 54.1 Å². The molecule has 0 saturated carbocycles. The molecular formula is C15H14F3NO4S2. The largest absolute Gasteiger partial charge is 0.416 e. The molecule has 10 heteroatoms. The first-order valence-corrected chi connectivity index (χ1v) is 10.1. The van der Waals surface area contributed by atoms with Crippen LogP contribution in [0, 0.1) is 0 Å². The first-order chi connectivity index (χ1) is 11.5. The average Bonchev–Trinajstić information content (AvgIpc) is 2.54. The third-order valence-electron chi connectivity index (χ3n) is 3.32. The zero-order chi connectivity index (χ0) is 18.9. The van der Waals surface area contributed by atoms with Crippen LogP contribution < -0.4 is 4.72 Å². The summed E-state index contributed by atoms with van der Waals surface area (Å²) in [7, 11) is -8.12. The molecule has 0 aliphatic heterocycles. The van der Waals surface area contributed by atoms with Crippen LogP contribution in [0.5, 0.6) is 0 Å². The Balaban J connectivity index is 2.48. The molecule has 0 aliphatic rings. The summed E-state index contributed by atoms with van der Waals surface area (Å²) in [5.41, 5.74) is -1.34. The van der Waals surface area contributed by atoms with Gasteiger partial charge in [0, 0.05) is 0 Å². The van der Waals surface area contributed by atoms with E-state index in [1.807, 2.05) is 4.72 Å². The summed E-state index contributed by atoms with van der Waals surface area (Å²) in [6, 6.07) is 8.48. The first-order valence-electron chi connectivity index (χ1n) is 6.99. The minimum absolute atomic E-state index is 0.221. The van der Waals surface area contributed by atoms with Crippen molar-refractivity contribution in [1.29, 1.82) is 0 Å². The molecule has 1 N–H and O–H groups in total. The van der Waals surface area contributed by atoms with E-state index in [0.29, 0.717) is 6.07 Å². The zero-order valence-corrected chi connectivity index (χ0v) is 14.5. The highest BCUT2D eigenvalue weighted by Gasteiger charge is 2.32. The molecule has 0 spiro atoms. The minimum atomic E-state index is -4.70. The highest BCUT2D eigenvalue weighted by atomic mass is 32.2. The molecule has 0 saturated heterocycles. The van der Waals surface area contributed by atoms with E-state index >= 15 is 0 Å². The lowest BCUT2D eigenvalue weighted by Crippen LogP contribution is -2.17. The molecule has 2 aromatic rings. The third kappa shape index (κ3) is 4.31. The van der Waals surface area contributed by atoms with Crippen LogP contribution in [0.15, 0.2) is 58.3 Å². The van der Waals surface area contributed by atoms with E-state index in [2.05, 4.69) is 0 Å². The summed E-state index contributed by atoms with van der Waals surface area (Å²) in [4.78, 5) is -0.862. The van der Waals surface area contributed by atoms with Gasteiger partial charge in [0.25, 0.3) is 10.0 Å². The lowest BCUT2D eigenvalue weighted by atomic mass is 10.2. The molecule has 0 unspecified atom stereocenters. The second-order valence-corrected chi connectivity index (χ2v) is 8.96. The van der Waals surface area contributed by atoms with Gasteiger partial charge in [0.2, 0.25) is 0 Å². The molecule has 0 fully saturated rings. The number of para-hydroxylation sites is 1. The molecule has 136 valence electrons. The molecule has 5 nitrogen and oxygen atoms in total. The van der Waals surface area contributed by atoms with Crippen LogP contribution in [0.1, 0.15) is 12.5 Å². The Bertz CT molecular complexity index is 984. The van der Waals surface area contributed by atoms with E-state index in [4.69, 9.17) is 0 Å². The summed E-state index contributed by atoms with van der Waals surface area (Å²) in [5.74, 6) is -0.255. The maximum absolute atomic E-state index is 12.8. The summed E-state index contributed by atoms with van der Waals surface area (Å²) < 4.78 is 89.2. The Morgan fingerprint density at radius 3 is 2.20 bits per heavy atom. The highest BCUT2D eigenvalue weighted by molar-refractivity contribution is 7.93. The molecule has 2 aromatic carbocycles. The number of rotatable bonds is 5. The standard InChI is InChI=1S/C15H14F3NO4S2/c1-2-24(20,21)14-9-4-3-8-13(14)19-25(22,23)12-7-5-6-11(10-12)15(16,17)18/h3-10,19H,2H2,1H3. The van der Waals surface area contributed by atoms with Gasteiger partial charge in [0.1, 0.15) is 0 Å². The summed E-state index contributed by atoms with van der Waals surface area (Å²) >= 11 is 0. The van der Waals surface area contributed by atoms with Gasteiger partial charge in [-0.2, -0.15) is 13.2 Å². The molecule has 0 aromatic heterocycles. The van der Waals surface area contributed by atoms with Gasteiger partial charge in [-0.1, -0.05) is 25.1 Å². The van der Waals surface area contributed by atoms with Crippen LogP contribution in [0.4, 0.5) is 18.9 Å². The van der Waals surface area contributed by atoms with Crippen LogP contribution >= 0.6 is 0 Å². The summed E-state index contributed by atoms with van der Waals surface area (Å²) in [6.45, 7) is 1.40. The van der Waals surface area contributed by atoms with Gasteiger partial charge in [-0.25, -0.2) is 16.8 Å². The Morgan fingerprint density at radius 2 is 1.60 bits per heavy atom. The lowest BCUT2D eigenvalue weighted by molar-refractivity contribution is -0.137. The van der Waals surface area contributed by atoms with Crippen molar-refractivity contribution in [2.45, 2.75) is 22.9 Å².